The highest BCUT2D eigenvalue weighted by Gasteiger charge is 2.34. The van der Waals surface area contributed by atoms with Gasteiger partial charge in [0.2, 0.25) is 0 Å². The predicted octanol–water partition coefficient (Wildman–Crippen LogP) is 2.05. The van der Waals surface area contributed by atoms with E-state index in [1.807, 2.05) is 0 Å². The molecule has 0 radical (unpaired) electrons. The minimum atomic E-state index is -4.54. The smallest absolute Gasteiger partial charge is 0.425 e. The van der Waals surface area contributed by atoms with Gasteiger partial charge in [0, 0.05) is 0 Å². The van der Waals surface area contributed by atoms with Crippen LogP contribution in [0.25, 0.3) is 0 Å². The fraction of sp³-hybridized carbons (Fsp3) is 0.167. The Morgan fingerprint density at radius 1 is 1.54 bits per heavy atom. The van der Waals surface area contributed by atoms with Crippen molar-refractivity contribution in [3.05, 3.63) is 16.5 Å². The summed E-state index contributed by atoms with van der Waals surface area (Å²) in [5.74, 6) is -1.45. The van der Waals surface area contributed by atoms with Crippen molar-refractivity contribution in [2.24, 2.45) is 0 Å². The van der Waals surface area contributed by atoms with Gasteiger partial charge in [-0.15, -0.1) is 11.3 Å². The molecule has 0 aliphatic carbocycles. The van der Waals surface area contributed by atoms with Gasteiger partial charge in [-0.25, -0.2) is 4.79 Å². The lowest BCUT2D eigenvalue weighted by atomic mass is 10.3. The normalized spacial score (nSPS) is 11.6. The van der Waals surface area contributed by atoms with Gasteiger partial charge in [0.15, 0.2) is 0 Å². The molecule has 3 N–H and O–H groups in total. The average Bonchev–Trinajstić information content (AvgIpc) is 2.29. The van der Waals surface area contributed by atoms with Crippen molar-refractivity contribution in [2.45, 2.75) is 6.18 Å². The van der Waals surface area contributed by atoms with Crippen LogP contribution < -0.4 is 5.73 Å². The molecule has 0 aliphatic rings. The number of nitrogens with two attached hydrogens (primary N) is 1. The second-order valence-electron chi connectivity index (χ2n) is 2.19. The van der Waals surface area contributed by atoms with Crippen molar-refractivity contribution in [3.8, 4) is 0 Å². The average molecular weight is 211 g/mol. The Hall–Kier alpha value is -1.24. The first-order valence-electron chi connectivity index (χ1n) is 3.02. The summed E-state index contributed by atoms with van der Waals surface area (Å²) in [5, 5.41) is 8.07. The van der Waals surface area contributed by atoms with Crippen molar-refractivity contribution in [1.29, 1.82) is 0 Å². The Bertz CT molecular complexity index is 344. The Labute approximate surface area is 74.6 Å². The zero-order valence-corrected chi connectivity index (χ0v) is 6.87. The van der Waals surface area contributed by atoms with Crippen molar-refractivity contribution in [3.63, 3.8) is 0 Å². The monoisotopic (exact) mass is 211 g/mol. The van der Waals surface area contributed by atoms with E-state index in [0.29, 0.717) is 6.07 Å². The summed E-state index contributed by atoms with van der Waals surface area (Å²) in [4.78, 5) is 9.32. The van der Waals surface area contributed by atoms with E-state index in [1.54, 1.807) is 0 Å². The van der Waals surface area contributed by atoms with E-state index < -0.39 is 22.6 Å². The van der Waals surface area contributed by atoms with Crippen molar-refractivity contribution >= 4 is 22.3 Å². The molecule has 3 nitrogen and oxygen atoms in total. The third-order valence-corrected chi connectivity index (χ3v) is 2.28. The first-order chi connectivity index (χ1) is 5.82. The van der Waals surface area contributed by atoms with E-state index in [1.165, 1.54) is 0 Å². The lowest BCUT2D eigenvalue weighted by Crippen LogP contribution is -2.01. The molecule has 0 spiro atoms. The number of carbonyl (C=O) groups is 1. The van der Waals surface area contributed by atoms with Gasteiger partial charge in [-0.2, -0.15) is 13.2 Å². The summed E-state index contributed by atoms with van der Waals surface area (Å²) >= 11 is 0.222. The molecule has 0 aromatic carbocycles. The van der Waals surface area contributed by atoms with E-state index in [4.69, 9.17) is 10.8 Å². The number of thiophene rings is 1. The molecule has 72 valence electrons. The van der Waals surface area contributed by atoms with Crippen LogP contribution in [0, 0.1) is 0 Å². The zero-order chi connectivity index (χ0) is 10.2. The van der Waals surface area contributed by atoms with E-state index in [9.17, 15) is 18.0 Å². The van der Waals surface area contributed by atoms with Gasteiger partial charge in [0.1, 0.15) is 9.88 Å². The number of carboxylic acids is 1. The zero-order valence-electron chi connectivity index (χ0n) is 6.05. The van der Waals surface area contributed by atoms with E-state index in [2.05, 4.69) is 0 Å². The van der Waals surface area contributed by atoms with Gasteiger partial charge < -0.3 is 10.8 Å². The molecule has 7 heteroatoms. The van der Waals surface area contributed by atoms with Gasteiger partial charge in [-0.3, -0.25) is 0 Å². The lowest BCUT2D eigenvalue weighted by Gasteiger charge is -1.99. The largest absolute Gasteiger partial charge is 0.478 e. The van der Waals surface area contributed by atoms with Crippen LogP contribution in [0.2, 0.25) is 0 Å². The summed E-state index contributed by atoms with van der Waals surface area (Å²) < 4.78 is 36.0. The first-order valence-corrected chi connectivity index (χ1v) is 3.84. The standard InChI is InChI=1S/C6H4F3NO2S/c7-6(8,9)3-1-2(5(11)12)4(10)13-3/h1H,10H2,(H,11,12). The SMILES string of the molecule is Nc1sc(C(F)(F)F)cc1C(=O)O. The molecule has 0 atom stereocenters. The number of nitrogen functional groups attached to an aromatic ring is 1. The molecular weight excluding hydrogens is 207 g/mol. The second kappa shape index (κ2) is 2.91. The van der Waals surface area contributed by atoms with Crippen LogP contribution in [0.4, 0.5) is 18.2 Å². The Morgan fingerprint density at radius 2 is 2.08 bits per heavy atom. The third kappa shape index (κ3) is 1.92. The van der Waals surface area contributed by atoms with Gasteiger partial charge in [-0.1, -0.05) is 0 Å². The fourth-order valence-electron chi connectivity index (χ4n) is 0.712. The van der Waals surface area contributed by atoms with Gasteiger partial charge in [0.05, 0.1) is 5.56 Å². The molecule has 0 saturated heterocycles. The molecule has 1 aromatic rings. The maximum absolute atomic E-state index is 12.0. The predicted molar refractivity (Wildman–Crippen MR) is 40.7 cm³/mol. The van der Waals surface area contributed by atoms with Gasteiger partial charge >= 0.3 is 12.1 Å². The van der Waals surface area contributed by atoms with Crippen LogP contribution in [-0.2, 0) is 6.18 Å². The number of halogens is 3. The highest BCUT2D eigenvalue weighted by Crippen LogP contribution is 2.37. The number of anilines is 1. The topological polar surface area (TPSA) is 63.3 Å². The van der Waals surface area contributed by atoms with Crippen LogP contribution in [-0.4, -0.2) is 11.1 Å². The molecule has 1 aromatic heterocycles. The molecule has 1 rings (SSSR count). The summed E-state index contributed by atoms with van der Waals surface area (Å²) in [6.07, 6.45) is -4.54. The summed E-state index contributed by atoms with van der Waals surface area (Å²) in [6, 6.07) is 0.530. The first kappa shape index (κ1) is 9.85. The number of alkyl halides is 3. The Balaban J connectivity index is 3.17. The molecule has 0 unspecified atom stereocenters. The highest BCUT2D eigenvalue weighted by molar-refractivity contribution is 7.16. The molecule has 13 heavy (non-hydrogen) atoms. The summed E-state index contributed by atoms with van der Waals surface area (Å²) in [7, 11) is 0. The third-order valence-electron chi connectivity index (χ3n) is 1.27. The number of hydrogen-bond acceptors (Lipinski definition) is 3. The van der Waals surface area contributed by atoms with Crippen LogP contribution in [0.15, 0.2) is 6.07 Å². The number of rotatable bonds is 1. The van der Waals surface area contributed by atoms with Crippen molar-refractivity contribution in [2.75, 3.05) is 5.73 Å². The molecule has 0 amide bonds. The van der Waals surface area contributed by atoms with Crippen molar-refractivity contribution in [1.82, 2.24) is 0 Å². The Kier molecular flexibility index (Phi) is 2.21. The molecule has 1 heterocycles. The van der Waals surface area contributed by atoms with Crippen LogP contribution >= 0.6 is 11.3 Å². The summed E-state index contributed by atoms with van der Waals surface area (Å²) in [6.45, 7) is 0. The Morgan fingerprint density at radius 3 is 2.31 bits per heavy atom. The van der Waals surface area contributed by atoms with E-state index in [-0.39, 0.29) is 16.3 Å². The second-order valence-corrected chi connectivity index (χ2v) is 3.28. The van der Waals surface area contributed by atoms with Crippen LogP contribution in [0.1, 0.15) is 15.2 Å². The summed E-state index contributed by atoms with van der Waals surface area (Å²) in [5.41, 5.74) is 4.57. The van der Waals surface area contributed by atoms with Crippen molar-refractivity contribution < 1.29 is 23.1 Å². The number of hydrogen-bond donors (Lipinski definition) is 2. The number of carboxylic acid groups (broad SMARTS) is 1. The van der Waals surface area contributed by atoms with Crippen LogP contribution in [0.3, 0.4) is 0 Å². The molecule has 0 fully saturated rings. The van der Waals surface area contributed by atoms with Crippen LogP contribution in [0.5, 0.6) is 0 Å². The van der Waals surface area contributed by atoms with Gasteiger partial charge in [-0.05, 0) is 6.07 Å². The highest BCUT2D eigenvalue weighted by atomic mass is 32.1. The molecule has 0 bridgehead atoms. The lowest BCUT2D eigenvalue weighted by molar-refractivity contribution is -0.134. The number of aromatic carboxylic acids is 1. The van der Waals surface area contributed by atoms with E-state index >= 15 is 0 Å². The molecular formula is C6H4F3NO2S. The van der Waals surface area contributed by atoms with Gasteiger partial charge in [0.25, 0.3) is 0 Å². The quantitative estimate of drug-likeness (QED) is 0.747. The molecule has 0 saturated carbocycles. The minimum absolute atomic E-state index is 0.222. The minimum Gasteiger partial charge on any atom is -0.478 e. The molecule has 0 aliphatic heterocycles. The maximum atomic E-state index is 12.0. The fourth-order valence-corrected chi connectivity index (χ4v) is 1.50. The van der Waals surface area contributed by atoms with E-state index in [0.717, 1.165) is 0 Å². The maximum Gasteiger partial charge on any atom is 0.425 e.